The monoisotopic (exact) mass is 311 g/mol. The van der Waals surface area contributed by atoms with Crippen molar-refractivity contribution in [3.05, 3.63) is 0 Å². The number of carboxylic acids is 1. The largest absolute Gasteiger partial charge is 0.480 e. The number of esters is 1. The molecule has 0 bridgehead atoms. The molecule has 2 unspecified atom stereocenters. The van der Waals surface area contributed by atoms with Gasteiger partial charge in [-0.05, 0) is 58.9 Å². The minimum absolute atomic E-state index is 0.102. The Morgan fingerprint density at radius 1 is 1.14 bits per heavy atom. The van der Waals surface area contributed by atoms with Crippen molar-refractivity contribution in [1.29, 1.82) is 0 Å². The molecule has 0 aromatic rings. The number of piperidine rings is 1. The highest BCUT2D eigenvalue weighted by molar-refractivity contribution is 5.88. The molecule has 5 nitrogen and oxygen atoms in total. The number of nitrogens with one attached hydrogen (secondary N) is 1. The van der Waals surface area contributed by atoms with Crippen molar-refractivity contribution < 1.29 is 19.4 Å². The van der Waals surface area contributed by atoms with E-state index in [0.717, 1.165) is 32.1 Å². The maximum atomic E-state index is 13.0. The van der Waals surface area contributed by atoms with Crippen LogP contribution >= 0.6 is 0 Å². The lowest BCUT2D eigenvalue weighted by Gasteiger charge is -2.47. The van der Waals surface area contributed by atoms with E-state index in [-0.39, 0.29) is 11.9 Å². The number of aliphatic carboxylic acids is 1. The van der Waals surface area contributed by atoms with Crippen molar-refractivity contribution in [2.75, 3.05) is 6.54 Å². The average Bonchev–Trinajstić information content (AvgIpc) is 2.46. The predicted octanol–water partition coefficient (Wildman–Crippen LogP) is 2.73. The van der Waals surface area contributed by atoms with Crippen LogP contribution in [-0.4, -0.2) is 35.2 Å². The Hall–Kier alpha value is -1.10. The van der Waals surface area contributed by atoms with Gasteiger partial charge in [-0.15, -0.1) is 0 Å². The Morgan fingerprint density at radius 2 is 1.77 bits per heavy atom. The second-order valence-corrected chi connectivity index (χ2v) is 7.71. The van der Waals surface area contributed by atoms with Crippen LogP contribution in [0.4, 0.5) is 0 Å². The van der Waals surface area contributed by atoms with Gasteiger partial charge < -0.3 is 15.2 Å². The molecule has 1 heterocycles. The molecule has 2 aliphatic rings. The zero-order chi connectivity index (χ0) is 16.4. The molecule has 2 rings (SSSR count). The summed E-state index contributed by atoms with van der Waals surface area (Å²) in [5.74, 6) is -1.16. The Bertz CT molecular complexity index is 423. The van der Waals surface area contributed by atoms with Gasteiger partial charge in [0.1, 0.15) is 11.6 Å². The van der Waals surface area contributed by atoms with Crippen molar-refractivity contribution >= 4 is 11.9 Å². The third kappa shape index (κ3) is 3.45. The van der Waals surface area contributed by atoms with Crippen molar-refractivity contribution in [3.8, 4) is 0 Å². The van der Waals surface area contributed by atoms with Crippen LogP contribution in [0, 0.1) is 11.3 Å². The normalized spacial score (nSPS) is 30.8. The smallest absolute Gasteiger partial charge is 0.321 e. The van der Waals surface area contributed by atoms with E-state index in [2.05, 4.69) is 5.32 Å². The summed E-state index contributed by atoms with van der Waals surface area (Å²) in [5, 5.41) is 12.8. The van der Waals surface area contributed by atoms with Crippen molar-refractivity contribution in [1.82, 2.24) is 5.32 Å². The van der Waals surface area contributed by atoms with Crippen LogP contribution < -0.4 is 5.32 Å². The van der Waals surface area contributed by atoms with Gasteiger partial charge in [-0.25, -0.2) is 0 Å². The summed E-state index contributed by atoms with van der Waals surface area (Å²) >= 11 is 0. The molecule has 2 fully saturated rings. The fourth-order valence-corrected chi connectivity index (χ4v) is 4.08. The molecule has 2 atom stereocenters. The molecule has 0 spiro atoms. The van der Waals surface area contributed by atoms with Crippen LogP contribution in [0.1, 0.15) is 65.7 Å². The van der Waals surface area contributed by atoms with Gasteiger partial charge in [-0.2, -0.15) is 0 Å². The van der Waals surface area contributed by atoms with Gasteiger partial charge in [0.15, 0.2) is 0 Å². The van der Waals surface area contributed by atoms with E-state index in [1.807, 2.05) is 20.8 Å². The fraction of sp³-hybridized carbons (Fsp3) is 0.882. The third-order valence-electron chi connectivity index (χ3n) is 4.99. The van der Waals surface area contributed by atoms with Gasteiger partial charge in [0.25, 0.3) is 0 Å². The van der Waals surface area contributed by atoms with E-state index in [4.69, 9.17) is 4.74 Å². The first-order valence-electron chi connectivity index (χ1n) is 8.47. The van der Waals surface area contributed by atoms with Gasteiger partial charge in [0, 0.05) is 0 Å². The van der Waals surface area contributed by atoms with Crippen LogP contribution in [0.3, 0.4) is 0 Å². The van der Waals surface area contributed by atoms with E-state index in [9.17, 15) is 14.7 Å². The SMILES string of the molecule is CC(C)(C)OC(=O)C1(C2CCCCC2)CCCNC1C(=O)O. The average molecular weight is 311 g/mol. The Kier molecular flexibility index (Phi) is 5.15. The summed E-state index contributed by atoms with van der Waals surface area (Å²) in [6.07, 6.45) is 6.58. The molecular formula is C17H29NO4. The van der Waals surface area contributed by atoms with Gasteiger partial charge in [0.05, 0.1) is 5.41 Å². The zero-order valence-corrected chi connectivity index (χ0v) is 14.0. The lowest BCUT2D eigenvalue weighted by molar-refractivity contribution is -0.182. The second-order valence-electron chi connectivity index (χ2n) is 7.71. The summed E-state index contributed by atoms with van der Waals surface area (Å²) in [6.45, 7) is 6.16. The molecule has 1 saturated carbocycles. The van der Waals surface area contributed by atoms with Crippen LogP contribution in [0.2, 0.25) is 0 Å². The van der Waals surface area contributed by atoms with E-state index >= 15 is 0 Å². The quantitative estimate of drug-likeness (QED) is 0.784. The molecular weight excluding hydrogens is 282 g/mol. The summed E-state index contributed by atoms with van der Waals surface area (Å²) in [7, 11) is 0. The zero-order valence-electron chi connectivity index (χ0n) is 14.0. The minimum atomic E-state index is -0.934. The number of hydrogen-bond acceptors (Lipinski definition) is 4. The third-order valence-corrected chi connectivity index (χ3v) is 4.99. The lowest BCUT2D eigenvalue weighted by Crippen LogP contribution is -2.62. The Morgan fingerprint density at radius 3 is 2.32 bits per heavy atom. The Labute approximate surface area is 132 Å². The van der Waals surface area contributed by atoms with E-state index in [1.165, 1.54) is 6.42 Å². The van der Waals surface area contributed by atoms with E-state index in [1.54, 1.807) is 0 Å². The molecule has 22 heavy (non-hydrogen) atoms. The number of carbonyl (C=O) groups is 2. The number of ether oxygens (including phenoxy) is 1. The summed E-state index contributed by atoms with van der Waals surface area (Å²) < 4.78 is 5.67. The molecule has 2 N–H and O–H groups in total. The lowest BCUT2D eigenvalue weighted by atomic mass is 9.61. The van der Waals surface area contributed by atoms with E-state index < -0.39 is 23.0 Å². The maximum absolute atomic E-state index is 13.0. The van der Waals surface area contributed by atoms with E-state index in [0.29, 0.717) is 13.0 Å². The number of rotatable bonds is 3. The standard InChI is InChI=1S/C17H29NO4/c1-16(2,3)22-15(21)17(12-8-5-4-6-9-12)10-7-11-18-13(17)14(19)20/h12-13,18H,4-11H2,1-3H3,(H,19,20). The number of carbonyl (C=O) groups excluding carboxylic acids is 1. The first-order chi connectivity index (χ1) is 10.3. The summed E-state index contributed by atoms with van der Waals surface area (Å²) in [5.41, 5.74) is -1.52. The molecule has 0 amide bonds. The molecule has 1 saturated heterocycles. The summed E-state index contributed by atoms with van der Waals surface area (Å²) in [4.78, 5) is 24.8. The molecule has 5 heteroatoms. The van der Waals surface area contributed by atoms with Gasteiger partial charge in [-0.1, -0.05) is 19.3 Å². The molecule has 126 valence electrons. The van der Waals surface area contributed by atoms with Crippen molar-refractivity contribution in [3.63, 3.8) is 0 Å². The van der Waals surface area contributed by atoms with Gasteiger partial charge in [0.2, 0.25) is 0 Å². The fourth-order valence-electron chi connectivity index (χ4n) is 4.08. The predicted molar refractivity (Wildman–Crippen MR) is 83.5 cm³/mol. The van der Waals surface area contributed by atoms with Crippen LogP contribution in [-0.2, 0) is 14.3 Å². The van der Waals surface area contributed by atoms with Gasteiger partial charge in [-0.3, -0.25) is 9.59 Å². The first-order valence-corrected chi connectivity index (χ1v) is 8.47. The highest BCUT2D eigenvalue weighted by Gasteiger charge is 2.57. The summed E-state index contributed by atoms with van der Waals surface area (Å²) in [6, 6.07) is -0.834. The van der Waals surface area contributed by atoms with Crippen molar-refractivity contribution in [2.45, 2.75) is 77.4 Å². The molecule has 1 aliphatic carbocycles. The second kappa shape index (κ2) is 6.57. The topological polar surface area (TPSA) is 75.6 Å². The Balaban J connectivity index is 2.37. The molecule has 1 aliphatic heterocycles. The van der Waals surface area contributed by atoms with Crippen LogP contribution in [0.5, 0.6) is 0 Å². The molecule has 0 aromatic heterocycles. The molecule has 0 radical (unpaired) electrons. The number of hydrogen-bond donors (Lipinski definition) is 2. The van der Waals surface area contributed by atoms with Crippen molar-refractivity contribution in [2.24, 2.45) is 11.3 Å². The van der Waals surface area contributed by atoms with Crippen LogP contribution in [0.25, 0.3) is 0 Å². The highest BCUT2D eigenvalue weighted by atomic mass is 16.6. The van der Waals surface area contributed by atoms with Gasteiger partial charge >= 0.3 is 11.9 Å². The van der Waals surface area contributed by atoms with Crippen LogP contribution in [0.15, 0.2) is 0 Å². The molecule has 0 aromatic carbocycles. The minimum Gasteiger partial charge on any atom is -0.480 e. The number of carboxylic acid groups (broad SMARTS) is 1. The highest BCUT2D eigenvalue weighted by Crippen LogP contribution is 2.47. The maximum Gasteiger partial charge on any atom is 0.321 e. The first kappa shape index (κ1) is 17.3.